The third kappa shape index (κ3) is 5.51. The molecule has 0 unspecified atom stereocenters. The highest BCUT2D eigenvalue weighted by atomic mass is 32.2. The molecule has 0 aliphatic carbocycles. The van der Waals surface area contributed by atoms with Crippen LogP contribution in [0.1, 0.15) is 18.4 Å². The van der Waals surface area contributed by atoms with Crippen LogP contribution >= 0.6 is 0 Å². The Labute approximate surface area is 164 Å². The van der Waals surface area contributed by atoms with Crippen molar-refractivity contribution in [1.29, 1.82) is 5.26 Å². The molecule has 1 heterocycles. The van der Waals surface area contributed by atoms with Gasteiger partial charge in [-0.2, -0.15) is 9.57 Å². The Morgan fingerprint density at radius 1 is 1.25 bits per heavy atom. The normalized spacial score (nSPS) is 15.6. The fraction of sp³-hybridized carbons (Fsp3) is 0.500. The number of nitrogens with zero attached hydrogens (tertiary/aromatic N) is 2. The minimum Gasteiger partial charge on any atom is -0.383 e. The number of nitriles is 1. The summed E-state index contributed by atoms with van der Waals surface area (Å²) in [6.45, 7) is 0.990. The summed E-state index contributed by atoms with van der Waals surface area (Å²) in [5, 5.41) is 14.3. The van der Waals surface area contributed by atoms with Gasteiger partial charge in [0, 0.05) is 32.7 Å². The van der Waals surface area contributed by atoms with Crippen LogP contribution in [0.25, 0.3) is 0 Å². The summed E-state index contributed by atoms with van der Waals surface area (Å²) in [5.74, 6) is -0.931. The molecule has 1 aromatic carbocycles. The first-order chi connectivity index (χ1) is 13.4. The van der Waals surface area contributed by atoms with Gasteiger partial charge in [0.05, 0.1) is 23.6 Å². The summed E-state index contributed by atoms with van der Waals surface area (Å²) in [6.07, 6.45) is 0.705. The van der Waals surface area contributed by atoms with Crippen molar-refractivity contribution in [2.24, 2.45) is 5.92 Å². The lowest BCUT2D eigenvalue weighted by Gasteiger charge is -2.30. The minimum absolute atomic E-state index is 0.0202. The molecule has 2 amide bonds. The van der Waals surface area contributed by atoms with E-state index in [1.807, 2.05) is 6.07 Å². The fourth-order valence-corrected chi connectivity index (χ4v) is 4.56. The van der Waals surface area contributed by atoms with E-state index in [0.717, 1.165) is 0 Å². The zero-order valence-electron chi connectivity index (χ0n) is 15.7. The van der Waals surface area contributed by atoms with Gasteiger partial charge in [0.15, 0.2) is 0 Å². The summed E-state index contributed by atoms with van der Waals surface area (Å²) < 4.78 is 31.7. The van der Waals surface area contributed by atoms with Crippen LogP contribution in [0.4, 0.5) is 0 Å². The second kappa shape index (κ2) is 10.2. The maximum absolute atomic E-state index is 12.8. The summed E-state index contributed by atoms with van der Waals surface area (Å²) in [6, 6.07) is 7.96. The Kier molecular flexibility index (Phi) is 7.92. The zero-order chi connectivity index (χ0) is 20.6. The molecule has 0 atom stereocenters. The molecule has 1 saturated heterocycles. The van der Waals surface area contributed by atoms with E-state index in [0.29, 0.717) is 26.0 Å². The monoisotopic (exact) mass is 408 g/mol. The van der Waals surface area contributed by atoms with E-state index in [1.54, 1.807) is 12.1 Å². The van der Waals surface area contributed by atoms with Gasteiger partial charge in [0.2, 0.25) is 21.8 Å². The van der Waals surface area contributed by atoms with Gasteiger partial charge in [0.1, 0.15) is 6.07 Å². The number of carbonyl (C=O) groups excluding carboxylic acids is 2. The summed E-state index contributed by atoms with van der Waals surface area (Å²) in [5.41, 5.74) is 0.0989. The highest BCUT2D eigenvalue weighted by Gasteiger charge is 2.33. The van der Waals surface area contributed by atoms with Crippen LogP contribution in [0, 0.1) is 17.2 Å². The number of carbonyl (C=O) groups is 2. The number of nitrogens with one attached hydrogen (secondary N) is 2. The first-order valence-electron chi connectivity index (χ1n) is 8.92. The maximum atomic E-state index is 12.8. The molecule has 1 aliphatic rings. The van der Waals surface area contributed by atoms with Crippen molar-refractivity contribution in [2.45, 2.75) is 17.7 Å². The summed E-state index contributed by atoms with van der Waals surface area (Å²) in [4.78, 5) is 23.8. The number of benzene rings is 1. The molecule has 1 fully saturated rings. The number of rotatable bonds is 8. The van der Waals surface area contributed by atoms with Crippen molar-refractivity contribution in [3.63, 3.8) is 0 Å². The Morgan fingerprint density at radius 3 is 2.57 bits per heavy atom. The SMILES string of the molecule is COCCNC(=O)CNC(=O)C1CCN(S(=O)(=O)c2ccccc2C#N)CC1. The van der Waals surface area contributed by atoms with E-state index in [-0.39, 0.29) is 47.8 Å². The Bertz CT molecular complexity index is 842. The largest absolute Gasteiger partial charge is 0.383 e. The van der Waals surface area contributed by atoms with E-state index in [1.165, 1.54) is 23.5 Å². The lowest BCUT2D eigenvalue weighted by atomic mass is 9.97. The average molecular weight is 408 g/mol. The smallest absolute Gasteiger partial charge is 0.244 e. The molecule has 152 valence electrons. The molecule has 28 heavy (non-hydrogen) atoms. The topological polar surface area (TPSA) is 129 Å². The molecule has 10 heteroatoms. The van der Waals surface area contributed by atoms with Crippen LogP contribution in [-0.4, -0.2) is 64.4 Å². The van der Waals surface area contributed by atoms with Crippen molar-refractivity contribution >= 4 is 21.8 Å². The third-order valence-corrected chi connectivity index (χ3v) is 6.46. The van der Waals surface area contributed by atoms with Crippen molar-refractivity contribution in [2.75, 3.05) is 39.9 Å². The lowest BCUT2D eigenvalue weighted by Crippen LogP contribution is -2.45. The molecule has 9 nitrogen and oxygen atoms in total. The number of methoxy groups -OCH3 is 1. The lowest BCUT2D eigenvalue weighted by molar-refractivity contribution is -0.129. The molecule has 0 bridgehead atoms. The first kappa shape index (κ1) is 21.8. The van der Waals surface area contributed by atoms with Crippen molar-refractivity contribution < 1.29 is 22.7 Å². The minimum atomic E-state index is -3.79. The molecule has 1 aliphatic heterocycles. The highest BCUT2D eigenvalue weighted by Crippen LogP contribution is 2.25. The molecule has 0 radical (unpaired) electrons. The van der Waals surface area contributed by atoms with Crippen LogP contribution in [0.3, 0.4) is 0 Å². The van der Waals surface area contributed by atoms with Crippen LogP contribution in [0.5, 0.6) is 0 Å². The summed E-state index contributed by atoms with van der Waals surface area (Å²) in [7, 11) is -2.26. The van der Waals surface area contributed by atoms with Gasteiger partial charge in [-0.3, -0.25) is 9.59 Å². The Morgan fingerprint density at radius 2 is 1.93 bits per heavy atom. The molecular weight excluding hydrogens is 384 g/mol. The summed E-state index contributed by atoms with van der Waals surface area (Å²) >= 11 is 0. The van der Waals surface area contributed by atoms with Crippen LogP contribution in [0.15, 0.2) is 29.2 Å². The average Bonchev–Trinajstić information content (AvgIpc) is 2.72. The number of ether oxygens (including phenoxy) is 1. The first-order valence-corrected chi connectivity index (χ1v) is 10.4. The Balaban J connectivity index is 1.87. The highest BCUT2D eigenvalue weighted by molar-refractivity contribution is 7.89. The molecule has 0 saturated carbocycles. The van der Waals surface area contributed by atoms with Crippen LogP contribution in [-0.2, 0) is 24.3 Å². The number of sulfonamides is 1. The number of amides is 2. The Hall–Kier alpha value is -2.48. The molecule has 2 N–H and O–H groups in total. The van der Waals surface area contributed by atoms with E-state index in [2.05, 4.69) is 10.6 Å². The van der Waals surface area contributed by atoms with Gasteiger partial charge in [-0.15, -0.1) is 0 Å². The quantitative estimate of drug-likeness (QED) is 0.575. The molecule has 1 aromatic rings. The fourth-order valence-electron chi connectivity index (χ4n) is 2.95. The van der Waals surface area contributed by atoms with Gasteiger partial charge < -0.3 is 15.4 Å². The van der Waals surface area contributed by atoms with Crippen molar-refractivity contribution in [3.8, 4) is 6.07 Å². The van der Waals surface area contributed by atoms with Crippen LogP contribution in [0.2, 0.25) is 0 Å². The predicted molar refractivity (Wildman–Crippen MR) is 101 cm³/mol. The van der Waals surface area contributed by atoms with E-state index in [4.69, 9.17) is 10.00 Å². The third-order valence-electron chi connectivity index (χ3n) is 4.50. The van der Waals surface area contributed by atoms with Crippen LogP contribution < -0.4 is 10.6 Å². The second-order valence-corrected chi connectivity index (χ2v) is 8.25. The van der Waals surface area contributed by atoms with Crippen molar-refractivity contribution in [1.82, 2.24) is 14.9 Å². The van der Waals surface area contributed by atoms with E-state index < -0.39 is 10.0 Å². The van der Waals surface area contributed by atoms with Gasteiger partial charge in [-0.05, 0) is 25.0 Å². The van der Waals surface area contributed by atoms with Gasteiger partial charge in [-0.25, -0.2) is 8.42 Å². The number of piperidine rings is 1. The van der Waals surface area contributed by atoms with E-state index in [9.17, 15) is 18.0 Å². The maximum Gasteiger partial charge on any atom is 0.244 e. The molecule has 2 rings (SSSR count). The number of hydrogen-bond acceptors (Lipinski definition) is 6. The standard InChI is InChI=1S/C18H24N4O5S/c1-27-11-8-20-17(23)13-21-18(24)14-6-9-22(10-7-14)28(25,26)16-5-3-2-4-15(16)12-19/h2-5,14H,6-11,13H2,1H3,(H,20,23)(H,21,24). The van der Waals surface area contributed by atoms with Crippen molar-refractivity contribution in [3.05, 3.63) is 29.8 Å². The molecule has 0 spiro atoms. The second-order valence-electron chi connectivity index (χ2n) is 6.35. The van der Waals surface area contributed by atoms with E-state index >= 15 is 0 Å². The number of hydrogen-bond donors (Lipinski definition) is 2. The van der Waals surface area contributed by atoms with Gasteiger partial charge in [-0.1, -0.05) is 12.1 Å². The predicted octanol–water partition coefficient (Wildman–Crippen LogP) is -0.162. The molecular formula is C18H24N4O5S. The molecule has 0 aromatic heterocycles. The zero-order valence-corrected chi connectivity index (χ0v) is 16.5. The van der Waals surface area contributed by atoms with Gasteiger partial charge >= 0.3 is 0 Å². The van der Waals surface area contributed by atoms with Gasteiger partial charge in [0.25, 0.3) is 0 Å².